The highest BCUT2D eigenvalue weighted by molar-refractivity contribution is 6.13. The normalized spacial score (nSPS) is 24.1. The van der Waals surface area contributed by atoms with Crippen LogP contribution in [-0.2, 0) is 9.63 Å². The molecule has 0 aliphatic carbocycles. The Morgan fingerprint density at radius 3 is 2.77 bits per heavy atom. The fourth-order valence-electron chi connectivity index (χ4n) is 3.21. The first kappa shape index (κ1) is 14.5. The van der Waals surface area contributed by atoms with Crippen LogP contribution in [0.4, 0.5) is 0 Å². The summed E-state index contributed by atoms with van der Waals surface area (Å²) in [6.07, 6.45) is 2.74. The zero-order valence-corrected chi connectivity index (χ0v) is 12.6. The third-order valence-corrected chi connectivity index (χ3v) is 4.42. The molecule has 3 rings (SSSR count). The van der Waals surface area contributed by atoms with Crippen LogP contribution in [0.3, 0.4) is 0 Å². The second-order valence-corrected chi connectivity index (χ2v) is 5.45. The number of hydrogen-bond acceptors (Lipinski definition) is 4. The Morgan fingerprint density at radius 2 is 2.09 bits per heavy atom. The summed E-state index contributed by atoms with van der Waals surface area (Å²) < 4.78 is 0. The van der Waals surface area contributed by atoms with Gasteiger partial charge in [0.05, 0.1) is 17.1 Å². The molecule has 0 radical (unpaired) electrons. The van der Waals surface area contributed by atoms with Crippen molar-refractivity contribution in [3.8, 4) is 0 Å². The largest absolute Gasteiger partial charge is 0.478 e. The third kappa shape index (κ3) is 1.96. The molecule has 2 atom stereocenters. The maximum absolute atomic E-state index is 11.8. The average molecular weight is 298 g/mol. The van der Waals surface area contributed by atoms with Crippen LogP contribution in [0.15, 0.2) is 41.7 Å². The second kappa shape index (κ2) is 5.40. The number of carboxylic acid groups (broad SMARTS) is 1. The van der Waals surface area contributed by atoms with Gasteiger partial charge in [-0.25, -0.2) is 4.79 Å². The highest BCUT2D eigenvalue weighted by atomic mass is 16.7. The number of carboxylic acids is 1. The summed E-state index contributed by atoms with van der Waals surface area (Å²) in [4.78, 5) is 21.5. The first-order valence-electron chi connectivity index (χ1n) is 7.47. The Labute approximate surface area is 128 Å². The molecule has 2 aromatic rings. The lowest BCUT2D eigenvalue weighted by atomic mass is 9.78. The number of benzene rings is 1. The molecule has 1 aromatic carbocycles. The van der Waals surface area contributed by atoms with Crippen LogP contribution >= 0.6 is 0 Å². The Morgan fingerprint density at radius 1 is 1.32 bits per heavy atom. The van der Waals surface area contributed by atoms with E-state index in [-0.39, 0.29) is 5.92 Å². The Hall–Kier alpha value is -2.43. The van der Waals surface area contributed by atoms with Crippen molar-refractivity contribution in [1.29, 1.82) is 0 Å². The monoisotopic (exact) mass is 298 g/mol. The van der Waals surface area contributed by atoms with Gasteiger partial charge in [0, 0.05) is 17.1 Å². The van der Waals surface area contributed by atoms with Crippen molar-refractivity contribution in [2.24, 2.45) is 11.1 Å². The van der Waals surface area contributed by atoms with Crippen LogP contribution in [-0.4, -0.2) is 27.4 Å². The molecule has 0 amide bonds. The highest BCUT2D eigenvalue weighted by Gasteiger charge is 2.53. The van der Waals surface area contributed by atoms with Crippen LogP contribution in [0, 0.1) is 5.92 Å². The first-order valence-corrected chi connectivity index (χ1v) is 7.47. The van der Waals surface area contributed by atoms with E-state index in [0.717, 1.165) is 16.5 Å². The van der Waals surface area contributed by atoms with Gasteiger partial charge in [0.15, 0.2) is 0 Å². The molecule has 0 fully saturated rings. The molecule has 2 unspecified atom stereocenters. The number of carbonyl (C=O) groups is 1. The lowest BCUT2D eigenvalue weighted by molar-refractivity contribution is -0.167. The number of aromatic nitrogens is 1. The molecule has 1 aromatic heterocycles. The van der Waals surface area contributed by atoms with Gasteiger partial charge in [-0.2, -0.15) is 0 Å². The zero-order chi connectivity index (χ0) is 15.7. The van der Waals surface area contributed by atoms with Crippen molar-refractivity contribution in [1.82, 2.24) is 4.98 Å². The van der Waals surface area contributed by atoms with Crippen molar-refractivity contribution in [2.45, 2.75) is 32.3 Å². The van der Waals surface area contributed by atoms with E-state index in [2.05, 4.69) is 10.1 Å². The van der Waals surface area contributed by atoms with Crippen LogP contribution in [0.25, 0.3) is 10.9 Å². The summed E-state index contributed by atoms with van der Waals surface area (Å²) in [5.74, 6) is -1.24. The van der Waals surface area contributed by atoms with E-state index in [9.17, 15) is 9.90 Å². The molecule has 5 nitrogen and oxygen atoms in total. The van der Waals surface area contributed by atoms with Gasteiger partial charge in [0.25, 0.3) is 0 Å². The molecule has 22 heavy (non-hydrogen) atoms. The van der Waals surface area contributed by atoms with Gasteiger partial charge in [-0.05, 0) is 25.0 Å². The molecular weight excluding hydrogens is 280 g/mol. The lowest BCUT2D eigenvalue weighted by Gasteiger charge is -2.27. The molecule has 0 saturated carbocycles. The molecule has 1 aliphatic heterocycles. The average Bonchev–Trinajstić information content (AvgIpc) is 2.94. The van der Waals surface area contributed by atoms with Crippen molar-refractivity contribution in [3.63, 3.8) is 0 Å². The van der Waals surface area contributed by atoms with Crippen molar-refractivity contribution in [2.75, 3.05) is 0 Å². The number of pyridine rings is 1. The number of oxime groups is 1. The van der Waals surface area contributed by atoms with Crippen LogP contribution < -0.4 is 0 Å². The SMILES string of the molecule is CCC1C(c2ccnc3ccccc23)=NOC1(CC)C(=O)O. The number of nitrogens with zero attached hydrogens (tertiary/aromatic N) is 2. The summed E-state index contributed by atoms with van der Waals surface area (Å²) in [5, 5.41) is 14.8. The molecule has 0 saturated heterocycles. The molecule has 0 bridgehead atoms. The van der Waals surface area contributed by atoms with Crippen LogP contribution in [0.5, 0.6) is 0 Å². The van der Waals surface area contributed by atoms with E-state index in [1.807, 2.05) is 44.2 Å². The van der Waals surface area contributed by atoms with Crippen LogP contribution in [0.1, 0.15) is 32.3 Å². The minimum absolute atomic E-state index is 0.277. The van der Waals surface area contributed by atoms with Crippen molar-refractivity contribution >= 4 is 22.6 Å². The predicted octanol–water partition coefficient (Wildman–Crippen LogP) is 3.23. The Kier molecular flexibility index (Phi) is 3.56. The summed E-state index contributed by atoms with van der Waals surface area (Å²) >= 11 is 0. The standard InChI is InChI=1S/C17H18N2O3/c1-3-13-15(19-22-17(13,4-2)16(20)21)12-9-10-18-14-8-6-5-7-11(12)14/h5-10,13H,3-4H2,1-2H3,(H,20,21). The summed E-state index contributed by atoms with van der Waals surface area (Å²) in [5.41, 5.74) is 1.19. The fraction of sp³-hybridized carbons (Fsp3) is 0.353. The highest BCUT2D eigenvalue weighted by Crippen LogP contribution is 2.39. The van der Waals surface area contributed by atoms with E-state index in [1.165, 1.54) is 0 Å². The molecular formula is C17H18N2O3. The summed E-state index contributed by atoms with van der Waals surface area (Å²) in [6, 6.07) is 9.65. The topological polar surface area (TPSA) is 71.8 Å². The van der Waals surface area contributed by atoms with Gasteiger partial charge in [-0.1, -0.05) is 37.2 Å². The quantitative estimate of drug-likeness (QED) is 0.940. The number of rotatable bonds is 4. The van der Waals surface area contributed by atoms with Gasteiger partial charge in [0.1, 0.15) is 0 Å². The molecule has 1 N–H and O–H groups in total. The van der Waals surface area contributed by atoms with E-state index in [0.29, 0.717) is 18.6 Å². The third-order valence-electron chi connectivity index (χ3n) is 4.42. The smallest absolute Gasteiger partial charge is 0.351 e. The van der Waals surface area contributed by atoms with Crippen molar-refractivity contribution in [3.05, 3.63) is 42.1 Å². The van der Waals surface area contributed by atoms with Gasteiger partial charge in [0.2, 0.25) is 5.60 Å². The Bertz CT molecular complexity index is 751. The van der Waals surface area contributed by atoms with Gasteiger partial charge in [-0.15, -0.1) is 0 Å². The van der Waals surface area contributed by atoms with E-state index < -0.39 is 11.6 Å². The van der Waals surface area contributed by atoms with E-state index in [4.69, 9.17) is 4.84 Å². The van der Waals surface area contributed by atoms with Gasteiger partial charge < -0.3 is 9.94 Å². The summed E-state index contributed by atoms with van der Waals surface area (Å²) in [7, 11) is 0. The molecule has 114 valence electrons. The number of aliphatic carboxylic acids is 1. The summed E-state index contributed by atoms with van der Waals surface area (Å²) in [6.45, 7) is 3.78. The van der Waals surface area contributed by atoms with Crippen molar-refractivity contribution < 1.29 is 14.7 Å². The molecule has 0 spiro atoms. The second-order valence-electron chi connectivity index (χ2n) is 5.45. The fourth-order valence-corrected chi connectivity index (χ4v) is 3.21. The minimum Gasteiger partial charge on any atom is -0.478 e. The van der Waals surface area contributed by atoms with Gasteiger partial charge in [-0.3, -0.25) is 4.98 Å². The number of para-hydroxylation sites is 1. The van der Waals surface area contributed by atoms with E-state index in [1.54, 1.807) is 6.20 Å². The first-order chi connectivity index (χ1) is 10.6. The maximum atomic E-state index is 11.8. The predicted molar refractivity (Wildman–Crippen MR) is 83.8 cm³/mol. The lowest BCUT2D eigenvalue weighted by Crippen LogP contribution is -2.46. The Balaban J connectivity index is 2.14. The number of hydrogen-bond donors (Lipinski definition) is 1. The maximum Gasteiger partial charge on any atom is 0.351 e. The zero-order valence-electron chi connectivity index (χ0n) is 12.6. The van der Waals surface area contributed by atoms with Gasteiger partial charge >= 0.3 is 5.97 Å². The molecule has 5 heteroatoms. The number of fused-ring (bicyclic) bond motifs is 1. The molecule has 1 aliphatic rings. The van der Waals surface area contributed by atoms with E-state index >= 15 is 0 Å². The molecule has 2 heterocycles. The van der Waals surface area contributed by atoms with Crippen LogP contribution in [0.2, 0.25) is 0 Å². The minimum atomic E-state index is -1.27.